The minimum absolute atomic E-state index is 0.0209. The monoisotopic (exact) mass is 293 g/mol. The van der Waals surface area contributed by atoms with Gasteiger partial charge in [0.05, 0.1) is 12.8 Å². The van der Waals surface area contributed by atoms with E-state index in [-0.39, 0.29) is 18.0 Å². The number of hydrogen-bond acceptors (Lipinski definition) is 6. The number of aliphatic carboxylic acids is 1. The average Bonchev–Trinajstić information content (AvgIpc) is 3.11. The van der Waals surface area contributed by atoms with E-state index in [0.29, 0.717) is 5.76 Å². The lowest BCUT2D eigenvalue weighted by Gasteiger charge is -2.02. The maximum absolute atomic E-state index is 11.7. The number of carbonyl (C=O) groups excluding carboxylic acids is 2. The van der Waals surface area contributed by atoms with Crippen LogP contribution in [0.5, 0.6) is 0 Å². The summed E-state index contributed by atoms with van der Waals surface area (Å²) < 4.78 is 10.0. The predicted molar refractivity (Wildman–Crippen MR) is 67.2 cm³/mol. The predicted octanol–water partition coefficient (Wildman–Crippen LogP) is -0.135. The Morgan fingerprint density at radius 2 is 2.00 bits per heavy atom. The Morgan fingerprint density at radius 1 is 1.19 bits per heavy atom. The van der Waals surface area contributed by atoms with Gasteiger partial charge < -0.3 is 24.7 Å². The quantitative estimate of drug-likeness (QED) is 0.674. The molecule has 2 heterocycles. The molecule has 0 aromatic carbocycles. The number of nitrogens with one attached hydrogen (secondary N) is 2. The number of rotatable bonds is 6. The zero-order valence-electron chi connectivity index (χ0n) is 10.7. The highest BCUT2D eigenvalue weighted by atomic mass is 16.5. The zero-order chi connectivity index (χ0) is 15.2. The summed E-state index contributed by atoms with van der Waals surface area (Å²) in [6.07, 6.45) is 1.45. The average molecular weight is 293 g/mol. The molecule has 2 aromatic heterocycles. The van der Waals surface area contributed by atoms with Gasteiger partial charge in [-0.05, 0) is 12.1 Å². The lowest BCUT2D eigenvalue weighted by Crippen LogP contribution is -2.39. The molecule has 110 valence electrons. The van der Waals surface area contributed by atoms with E-state index in [4.69, 9.17) is 14.0 Å². The Bertz CT molecular complexity index is 646. The standard InChI is InChI=1S/C12H11N3O6/c16-10(13-6-11(17)18)5-14-12(19)7-4-9(21-15-7)8-2-1-3-20-8/h1-4H,5-6H2,(H,13,16)(H,14,19)(H,17,18). The van der Waals surface area contributed by atoms with Crippen LogP contribution in [0.2, 0.25) is 0 Å². The summed E-state index contributed by atoms with van der Waals surface area (Å²) in [6, 6.07) is 4.66. The highest BCUT2D eigenvalue weighted by Crippen LogP contribution is 2.20. The van der Waals surface area contributed by atoms with Crippen LogP contribution in [-0.4, -0.2) is 41.1 Å². The van der Waals surface area contributed by atoms with E-state index >= 15 is 0 Å². The van der Waals surface area contributed by atoms with Gasteiger partial charge in [-0.3, -0.25) is 14.4 Å². The van der Waals surface area contributed by atoms with Crippen molar-refractivity contribution in [2.45, 2.75) is 0 Å². The van der Waals surface area contributed by atoms with Crippen LogP contribution in [0.15, 0.2) is 33.4 Å². The molecule has 0 fully saturated rings. The van der Waals surface area contributed by atoms with Crippen molar-refractivity contribution in [3.8, 4) is 11.5 Å². The largest absolute Gasteiger partial charge is 0.480 e. The molecule has 0 radical (unpaired) electrons. The highest BCUT2D eigenvalue weighted by Gasteiger charge is 2.15. The highest BCUT2D eigenvalue weighted by molar-refractivity contribution is 5.95. The molecular formula is C12H11N3O6. The number of aromatic nitrogens is 1. The molecule has 9 nitrogen and oxygen atoms in total. The van der Waals surface area contributed by atoms with Crippen molar-refractivity contribution in [1.29, 1.82) is 0 Å². The van der Waals surface area contributed by atoms with Crippen molar-refractivity contribution < 1.29 is 28.4 Å². The van der Waals surface area contributed by atoms with Crippen molar-refractivity contribution >= 4 is 17.8 Å². The van der Waals surface area contributed by atoms with Crippen LogP contribution in [0.25, 0.3) is 11.5 Å². The van der Waals surface area contributed by atoms with E-state index in [9.17, 15) is 14.4 Å². The number of amides is 2. The second-order valence-corrected chi connectivity index (χ2v) is 3.91. The van der Waals surface area contributed by atoms with Gasteiger partial charge in [0.2, 0.25) is 11.7 Å². The van der Waals surface area contributed by atoms with E-state index in [1.807, 2.05) is 0 Å². The first-order chi connectivity index (χ1) is 10.1. The first kappa shape index (κ1) is 14.3. The smallest absolute Gasteiger partial charge is 0.322 e. The van der Waals surface area contributed by atoms with Gasteiger partial charge in [-0.1, -0.05) is 5.16 Å². The summed E-state index contributed by atoms with van der Waals surface area (Å²) in [4.78, 5) is 33.2. The molecule has 0 spiro atoms. The summed E-state index contributed by atoms with van der Waals surface area (Å²) in [6.45, 7) is -0.879. The molecule has 0 bridgehead atoms. The van der Waals surface area contributed by atoms with E-state index in [1.165, 1.54) is 12.3 Å². The fraction of sp³-hybridized carbons (Fsp3) is 0.167. The number of hydrogen-bond donors (Lipinski definition) is 3. The summed E-state index contributed by atoms with van der Waals surface area (Å²) in [5, 5.41) is 16.3. The number of furan rings is 1. The van der Waals surface area contributed by atoms with Gasteiger partial charge in [0.25, 0.3) is 5.91 Å². The van der Waals surface area contributed by atoms with Crippen LogP contribution >= 0.6 is 0 Å². The molecule has 2 amide bonds. The second kappa shape index (κ2) is 6.37. The van der Waals surface area contributed by atoms with Crippen molar-refractivity contribution in [1.82, 2.24) is 15.8 Å². The van der Waals surface area contributed by atoms with Crippen LogP contribution in [0.4, 0.5) is 0 Å². The third-order valence-electron chi connectivity index (χ3n) is 2.35. The van der Waals surface area contributed by atoms with Gasteiger partial charge in [-0.15, -0.1) is 0 Å². The van der Waals surface area contributed by atoms with Crippen LogP contribution in [0.1, 0.15) is 10.5 Å². The summed E-state index contributed by atoms with van der Waals surface area (Å²) in [7, 11) is 0. The number of carboxylic acid groups (broad SMARTS) is 1. The third-order valence-corrected chi connectivity index (χ3v) is 2.35. The van der Waals surface area contributed by atoms with Crippen molar-refractivity contribution in [3.05, 3.63) is 30.2 Å². The Kier molecular flexibility index (Phi) is 4.34. The molecule has 3 N–H and O–H groups in total. The van der Waals surface area contributed by atoms with Crippen molar-refractivity contribution in [2.24, 2.45) is 0 Å². The Labute approximate surface area is 117 Å². The molecule has 0 aliphatic heterocycles. The van der Waals surface area contributed by atoms with Crippen LogP contribution in [0.3, 0.4) is 0 Å². The number of nitrogens with zero attached hydrogens (tertiary/aromatic N) is 1. The van der Waals surface area contributed by atoms with Gasteiger partial charge in [-0.2, -0.15) is 0 Å². The van der Waals surface area contributed by atoms with Crippen LogP contribution < -0.4 is 10.6 Å². The normalized spacial score (nSPS) is 10.1. The summed E-state index contributed by atoms with van der Waals surface area (Å²) >= 11 is 0. The molecule has 0 saturated carbocycles. The van der Waals surface area contributed by atoms with Gasteiger partial charge in [0.1, 0.15) is 6.54 Å². The molecule has 0 aliphatic carbocycles. The van der Waals surface area contributed by atoms with E-state index < -0.39 is 24.3 Å². The Hall–Kier alpha value is -3.10. The lowest BCUT2D eigenvalue weighted by atomic mass is 10.3. The molecule has 0 unspecified atom stereocenters. The fourth-order valence-electron chi connectivity index (χ4n) is 1.40. The molecule has 0 saturated heterocycles. The first-order valence-corrected chi connectivity index (χ1v) is 5.83. The lowest BCUT2D eigenvalue weighted by molar-refractivity contribution is -0.137. The van der Waals surface area contributed by atoms with Gasteiger partial charge in [-0.25, -0.2) is 0 Å². The topological polar surface area (TPSA) is 135 Å². The minimum Gasteiger partial charge on any atom is -0.480 e. The Morgan fingerprint density at radius 3 is 2.67 bits per heavy atom. The fourth-order valence-corrected chi connectivity index (χ4v) is 1.40. The van der Waals surface area contributed by atoms with Crippen LogP contribution in [-0.2, 0) is 9.59 Å². The second-order valence-electron chi connectivity index (χ2n) is 3.91. The minimum atomic E-state index is -1.17. The van der Waals surface area contributed by atoms with Crippen molar-refractivity contribution in [2.75, 3.05) is 13.1 Å². The molecule has 2 aromatic rings. The maximum Gasteiger partial charge on any atom is 0.322 e. The van der Waals surface area contributed by atoms with Gasteiger partial charge in [0.15, 0.2) is 11.5 Å². The van der Waals surface area contributed by atoms with E-state index in [0.717, 1.165) is 0 Å². The molecule has 0 aliphatic rings. The summed E-state index contributed by atoms with van der Waals surface area (Å²) in [5.41, 5.74) is -0.0209. The maximum atomic E-state index is 11.7. The SMILES string of the molecule is O=C(O)CNC(=O)CNC(=O)c1cc(-c2ccco2)on1. The molecule has 21 heavy (non-hydrogen) atoms. The van der Waals surface area contributed by atoms with Crippen molar-refractivity contribution in [3.63, 3.8) is 0 Å². The number of carbonyl (C=O) groups is 3. The van der Waals surface area contributed by atoms with Gasteiger partial charge in [0, 0.05) is 6.07 Å². The zero-order valence-corrected chi connectivity index (χ0v) is 10.7. The first-order valence-electron chi connectivity index (χ1n) is 5.83. The summed E-state index contributed by atoms with van der Waals surface area (Å²) in [5.74, 6) is -1.72. The molecular weight excluding hydrogens is 282 g/mol. The number of carboxylic acids is 1. The molecule has 2 rings (SSSR count). The Balaban J connectivity index is 1.86. The van der Waals surface area contributed by atoms with E-state index in [1.54, 1.807) is 12.1 Å². The van der Waals surface area contributed by atoms with Crippen LogP contribution in [0, 0.1) is 0 Å². The third kappa shape index (κ3) is 3.93. The van der Waals surface area contributed by atoms with Gasteiger partial charge >= 0.3 is 5.97 Å². The molecule has 0 atom stereocenters. The van der Waals surface area contributed by atoms with E-state index in [2.05, 4.69) is 15.8 Å². The molecule has 9 heteroatoms.